The summed E-state index contributed by atoms with van der Waals surface area (Å²) in [6, 6.07) is 4.89. The number of hydrogen-bond donors (Lipinski definition) is 0. The van der Waals surface area contributed by atoms with Crippen molar-refractivity contribution in [3.63, 3.8) is 0 Å². The summed E-state index contributed by atoms with van der Waals surface area (Å²) in [7, 11) is 1.67. The van der Waals surface area contributed by atoms with Gasteiger partial charge in [0.25, 0.3) is 9.05 Å². The van der Waals surface area contributed by atoms with Crippen LogP contribution in [0.1, 0.15) is 6.92 Å². The van der Waals surface area contributed by atoms with Gasteiger partial charge >= 0.3 is 0 Å². The minimum absolute atomic E-state index is 0.130. The Morgan fingerprint density at radius 2 is 2.33 bits per heavy atom. The third kappa shape index (κ3) is 2.77. The van der Waals surface area contributed by atoms with Gasteiger partial charge in [0.1, 0.15) is 0 Å². The summed E-state index contributed by atoms with van der Waals surface area (Å²) in [6.07, 6.45) is 5.35. The number of rotatable bonds is 2. The number of halogens is 1. The normalized spacial score (nSPS) is 19.2. The summed E-state index contributed by atoms with van der Waals surface area (Å²) in [5.74, 6) is 2.62. The zero-order chi connectivity index (χ0) is 13.3. The lowest BCUT2D eigenvalue weighted by atomic mass is 10.2. The van der Waals surface area contributed by atoms with Crippen molar-refractivity contribution < 1.29 is 8.42 Å². The largest absolute Gasteiger partial charge is 0.358 e. The quantitative estimate of drug-likeness (QED) is 0.621. The number of nitrogens with zero attached hydrogens (tertiary/aromatic N) is 1. The van der Waals surface area contributed by atoms with E-state index >= 15 is 0 Å². The molecule has 0 aliphatic carbocycles. The van der Waals surface area contributed by atoms with Crippen molar-refractivity contribution in [3.8, 4) is 12.3 Å². The Morgan fingerprint density at radius 3 is 2.94 bits per heavy atom. The Bertz CT molecular complexity index is 607. The number of terminal acetylenes is 1. The molecule has 1 atom stereocenters. The highest BCUT2D eigenvalue weighted by molar-refractivity contribution is 8.13. The van der Waals surface area contributed by atoms with Crippen molar-refractivity contribution in [2.45, 2.75) is 22.0 Å². The van der Waals surface area contributed by atoms with Crippen molar-refractivity contribution in [1.82, 2.24) is 0 Å². The molecule has 0 amide bonds. The maximum atomic E-state index is 11.3. The van der Waals surface area contributed by atoms with E-state index in [0.29, 0.717) is 11.8 Å². The standard InChI is InChI=1S/C12H12ClNO2S2/c1-3-6-14-8-9(2)17-12-7-10(18(13,15)16)4-5-11(12)14/h1,4-5,7,9H,6,8H2,2H3. The van der Waals surface area contributed by atoms with Crippen LogP contribution in [0, 0.1) is 12.3 Å². The van der Waals surface area contributed by atoms with Crippen molar-refractivity contribution in [2.24, 2.45) is 0 Å². The van der Waals surface area contributed by atoms with Crippen LogP contribution in [-0.2, 0) is 9.05 Å². The first kappa shape index (κ1) is 13.6. The SMILES string of the molecule is C#CCN1CC(C)Sc2cc(S(=O)(=O)Cl)ccc21. The average molecular weight is 302 g/mol. The molecule has 6 heteroatoms. The molecule has 1 heterocycles. The molecule has 0 fully saturated rings. The highest BCUT2D eigenvalue weighted by Gasteiger charge is 2.23. The van der Waals surface area contributed by atoms with Crippen molar-refractivity contribution in [3.05, 3.63) is 18.2 Å². The Kier molecular flexibility index (Phi) is 3.81. The van der Waals surface area contributed by atoms with E-state index in [1.54, 1.807) is 23.9 Å². The number of fused-ring (bicyclic) bond motifs is 1. The Labute approximate surface area is 116 Å². The van der Waals surface area contributed by atoms with E-state index in [0.717, 1.165) is 17.1 Å². The molecule has 0 bridgehead atoms. The van der Waals surface area contributed by atoms with Crippen LogP contribution in [0.5, 0.6) is 0 Å². The Balaban J connectivity index is 2.47. The summed E-state index contributed by atoms with van der Waals surface area (Å²) >= 11 is 1.64. The van der Waals surface area contributed by atoms with Gasteiger partial charge in [0.05, 0.1) is 17.1 Å². The third-order valence-corrected chi connectivity index (χ3v) is 5.13. The topological polar surface area (TPSA) is 37.4 Å². The average Bonchev–Trinajstić information content (AvgIpc) is 2.27. The summed E-state index contributed by atoms with van der Waals surface area (Å²) < 4.78 is 22.6. The van der Waals surface area contributed by atoms with Crippen LogP contribution in [0.25, 0.3) is 0 Å². The number of thioether (sulfide) groups is 1. The number of hydrogen-bond acceptors (Lipinski definition) is 4. The fourth-order valence-corrected chi connectivity index (χ4v) is 3.98. The van der Waals surface area contributed by atoms with Gasteiger partial charge in [0.2, 0.25) is 0 Å². The maximum absolute atomic E-state index is 11.3. The molecule has 1 aromatic carbocycles. The number of benzene rings is 1. The molecule has 0 N–H and O–H groups in total. The Hall–Kier alpha value is -0.830. The van der Waals surface area contributed by atoms with Gasteiger partial charge in [-0.15, -0.1) is 18.2 Å². The van der Waals surface area contributed by atoms with E-state index < -0.39 is 9.05 Å². The molecule has 0 aromatic heterocycles. The molecule has 18 heavy (non-hydrogen) atoms. The molecule has 0 spiro atoms. The molecule has 1 aliphatic heterocycles. The molecular formula is C12H12ClNO2S2. The van der Waals surface area contributed by atoms with Gasteiger partial charge in [-0.2, -0.15) is 0 Å². The first-order valence-corrected chi connectivity index (χ1v) is 8.54. The van der Waals surface area contributed by atoms with E-state index in [4.69, 9.17) is 17.1 Å². The lowest BCUT2D eigenvalue weighted by Gasteiger charge is -2.33. The van der Waals surface area contributed by atoms with Crippen LogP contribution in [0.2, 0.25) is 0 Å². The van der Waals surface area contributed by atoms with Crippen molar-refractivity contribution in [2.75, 3.05) is 18.0 Å². The predicted octanol–water partition coefficient (Wildman–Crippen LogP) is 2.55. The second kappa shape index (κ2) is 5.04. The molecule has 3 nitrogen and oxygen atoms in total. The molecular weight excluding hydrogens is 290 g/mol. The fraction of sp³-hybridized carbons (Fsp3) is 0.333. The molecule has 2 rings (SSSR count). The molecule has 0 radical (unpaired) electrons. The predicted molar refractivity (Wildman–Crippen MR) is 75.8 cm³/mol. The monoisotopic (exact) mass is 301 g/mol. The van der Waals surface area contributed by atoms with Crippen LogP contribution < -0.4 is 4.90 Å². The summed E-state index contributed by atoms with van der Waals surface area (Å²) in [4.78, 5) is 3.11. The van der Waals surface area contributed by atoms with Crippen LogP contribution in [0.3, 0.4) is 0 Å². The lowest BCUT2D eigenvalue weighted by molar-refractivity contribution is 0.609. The Morgan fingerprint density at radius 1 is 1.61 bits per heavy atom. The maximum Gasteiger partial charge on any atom is 0.261 e. The first-order valence-electron chi connectivity index (χ1n) is 5.35. The van der Waals surface area contributed by atoms with Crippen molar-refractivity contribution in [1.29, 1.82) is 0 Å². The summed E-state index contributed by atoms with van der Waals surface area (Å²) in [5.41, 5.74) is 0.972. The van der Waals surface area contributed by atoms with Gasteiger partial charge in [-0.1, -0.05) is 12.8 Å². The first-order chi connectivity index (χ1) is 8.41. The molecule has 1 aromatic rings. The van der Waals surface area contributed by atoms with Gasteiger partial charge in [0.15, 0.2) is 0 Å². The van der Waals surface area contributed by atoms with Gasteiger partial charge < -0.3 is 4.90 Å². The van der Waals surface area contributed by atoms with E-state index in [1.807, 2.05) is 0 Å². The van der Waals surface area contributed by atoms with Gasteiger partial charge in [-0.25, -0.2) is 8.42 Å². The second-order valence-electron chi connectivity index (χ2n) is 4.08. The van der Waals surface area contributed by atoms with Gasteiger partial charge in [0, 0.05) is 27.4 Å². The van der Waals surface area contributed by atoms with Crippen LogP contribution in [-0.4, -0.2) is 26.8 Å². The van der Waals surface area contributed by atoms with Crippen LogP contribution >= 0.6 is 22.4 Å². The van der Waals surface area contributed by atoms with E-state index in [2.05, 4.69) is 17.7 Å². The minimum atomic E-state index is -3.68. The minimum Gasteiger partial charge on any atom is -0.358 e. The molecule has 96 valence electrons. The molecule has 1 aliphatic rings. The van der Waals surface area contributed by atoms with Gasteiger partial charge in [-0.05, 0) is 18.2 Å². The van der Waals surface area contributed by atoms with Crippen molar-refractivity contribution >= 4 is 37.2 Å². The zero-order valence-electron chi connectivity index (χ0n) is 9.76. The highest BCUT2D eigenvalue weighted by atomic mass is 35.7. The number of anilines is 1. The summed E-state index contributed by atoms with van der Waals surface area (Å²) in [6.45, 7) is 3.46. The van der Waals surface area contributed by atoms with Crippen LogP contribution in [0.4, 0.5) is 5.69 Å². The van der Waals surface area contributed by atoms with E-state index in [1.165, 1.54) is 6.07 Å². The molecule has 1 unspecified atom stereocenters. The van der Waals surface area contributed by atoms with E-state index in [9.17, 15) is 8.42 Å². The fourth-order valence-electron chi connectivity index (χ4n) is 1.92. The summed E-state index contributed by atoms with van der Waals surface area (Å²) in [5, 5.41) is 0.360. The van der Waals surface area contributed by atoms with E-state index in [-0.39, 0.29) is 4.90 Å². The lowest BCUT2D eigenvalue weighted by Crippen LogP contribution is -2.33. The smallest absolute Gasteiger partial charge is 0.261 e. The third-order valence-electron chi connectivity index (χ3n) is 2.64. The van der Waals surface area contributed by atoms with Gasteiger partial charge in [-0.3, -0.25) is 0 Å². The second-order valence-corrected chi connectivity index (χ2v) is 8.13. The molecule has 0 saturated heterocycles. The zero-order valence-corrected chi connectivity index (χ0v) is 12.1. The van der Waals surface area contributed by atoms with Crippen LogP contribution in [0.15, 0.2) is 28.0 Å². The highest BCUT2D eigenvalue weighted by Crippen LogP contribution is 2.39. The molecule has 0 saturated carbocycles.